The average Bonchev–Trinajstić information content (AvgIpc) is 2.92. The van der Waals surface area contributed by atoms with Crippen LogP contribution >= 0.6 is 38.5 Å². The van der Waals surface area contributed by atoms with Gasteiger partial charge in [0.25, 0.3) is 0 Å². The molecular formula is C13H8BrIN4. The Morgan fingerprint density at radius 3 is 2.58 bits per heavy atom. The van der Waals surface area contributed by atoms with E-state index in [-0.39, 0.29) is 0 Å². The first kappa shape index (κ1) is 12.7. The van der Waals surface area contributed by atoms with E-state index >= 15 is 0 Å². The van der Waals surface area contributed by atoms with Gasteiger partial charge in [0.1, 0.15) is 0 Å². The number of hydrogen-bond acceptors (Lipinski definition) is 3. The van der Waals surface area contributed by atoms with Crippen LogP contribution in [0.2, 0.25) is 0 Å². The van der Waals surface area contributed by atoms with Gasteiger partial charge in [-0.25, -0.2) is 0 Å². The molecule has 2 aromatic carbocycles. The molecule has 6 heteroatoms. The molecule has 0 saturated heterocycles. The molecule has 0 N–H and O–H groups in total. The monoisotopic (exact) mass is 426 g/mol. The number of hydrogen-bond donors (Lipinski definition) is 0. The molecule has 0 fully saturated rings. The van der Waals surface area contributed by atoms with Gasteiger partial charge in [0, 0.05) is 13.6 Å². The summed E-state index contributed by atoms with van der Waals surface area (Å²) in [4.78, 5) is 0. The Balaban J connectivity index is 2.12. The maximum absolute atomic E-state index is 4.10. The first-order chi connectivity index (χ1) is 9.25. The van der Waals surface area contributed by atoms with E-state index < -0.39 is 0 Å². The molecule has 0 radical (unpaired) electrons. The summed E-state index contributed by atoms with van der Waals surface area (Å²) in [5.74, 6) is 0.730. The second kappa shape index (κ2) is 5.38. The van der Waals surface area contributed by atoms with Crippen LogP contribution < -0.4 is 0 Å². The highest BCUT2D eigenvalue weighted by molar-refractivity contribution is 14.1. The summed E-state index contributed by atoms with van der Waals surface area (Å²) >= 11 is 5.79. The van der Waals surface area contributed by atoms with Gasteiger partial charge in [-0.05, 0) is 67.1 Å². The maximum atomic E-state index is 4.10. The standard InChI is InChI=1S/C13H8BrIN4/c14-11-8-10(6-7-12(11)15)19-13(16-17-18-19)9-4-2-1-3-5-9/h1-8H. The van der Waals surface area contributed by atoms with E-state index in [2.05, 4.69) is 54.0 Å². The third-order valence-corrected chi connectivity index (χ3v) is 4.99. The molecule has 0 amide bonds. The first-order valence-corrected chi connectivity index (χ1v) is 7.42. The van der Waals surface area contributed by atoms with Crippen molar-refractivity contribution in [3.63, 3.8) is 0 Å². The minimum atomic E-state index is 0.730. The molecule has 0 spiro atoms. The molecule has 0 saturated carbocycles. The highest BCUT2D eigenvalue weighted by atomic mass is 127. The first-order valence-electron chi connectivity index (χ1n) is 5.55. The largest absolute Gasteiger partial charge is 0.193 e. The highest BCUT2D eigenvalue weighted by Gasteiger charge is 2.11. The van der Waals surface area contributed by atoms with E-state index in [0.29, 0.717) is 0 Å². The van der Waals surface area contributed by atoms with Gasteiger partial charge in [-0.15, -0.1) is 5.10 Å². The van der Waals surface area contributed by atoms with E-state index in [0.717, 1.165) is 25.1 Å². The van der Waals surface area contributed by atoms with Gasteiger partial charge in [0.15, 0.2) is 5.82 Å². The van der Waals surface area contributed by atoms with Gasteiger partial charge in [-0.2, -0.15) is 4.68 Å². The fourth-order valence-electron chi connectivity index (χ4n) is 1.75. The van der Waals surface area contributed by atoms with Gasteiger partial charge < -0.3 is 0 Å². The molecule has 19 heavy (non-hydrogen) atoms. The Hall–Kier alpha value is -1.28. The van der Waals surface area contributed by atoms with E-state index in [1.807, 2.05) is 48.5 Å². The van der Waals surface area contributed by atoms with Crippen LogP contribution in [0.25, 0.3) is 17.1 Å². The molecule has 0 aliphatic rings. The van der Waals surface area contributed by atoms with Crippen LogP contribution in [0, 0.1) is 3.57 Å². The minimum absolute atomic E-state index is 0.730. The van der Waals surface area contributed by atoms with Crippen molar-refractivity contribution in [1.29, 1.82) is 0 Å². The lowest BCUT2D eigenvalue weighted by Crippen LogP contribution is -2.00. The Labute approximate surface area is 132 Å². The summed E-state index contributed by atoms with van der Waals surface area (Å²) in [6.07, 6.45) is 0. The second-order valence-electron chi connectivity index (χ2n) is 3.88. The van der Waals surface area contributed by atoms with Crippen LogP contribution in [0.15, 0.2) is 53.0 Å². The zero-order chi connectivity index (χ0) is 13.2. The Morgan fingerprint density at radius 1 is 1.05 bits per heavy atom. The van der Waals surface area contributed by atoms with Gasteiger partial charge in [-0.1, -0.05) is 30.3 Å². The van der Waals surface area contributed by atoms with Crippen molar-refractivity contribution in [2.75, 3.05) is 0 Å². The summed E-state index contributed by atoms with van der Waals surface area (Å²) in [6.45, 7) is 0. The van der Waals surface area contributed by atoms with Crippen molar-refractivity contribution in [2.24, 2.45) is 0 Å². The molecule has 0 atom stereocenters. The predicted molar refractivity (Wildman–Crippen MR) is 85.0 cm³/mol. The number of rotatable bonds is 2. The number of aromatic nitrogens is 4. The predicted octanol–water partition coefficient (Wildman–Crippen LogP) is 3.70. The van der Waals surface area contributed by atoms with Crippen LogP contribution in [0.3, 0.4) is 0 Å². The lowest BCUT2D eigenvalue weighted by atomic mass is 10.2. The average molecular weight is 427 g/mol. The maximum Gasteiger partial charge on any atom is 0.187 e. The molecule has 0 unspecified atom stereocenters. The fraction of sp³-hybridized carbons (Fsp3) is 0. The summed E-state index contributed by atoms with van der Waals surface area (Å²) in [5, 5.41) is 11.9. The molecule has 3 aromatic rings. The van der Waals surface area contributed by atoms with Crippen LogP contribution in [-0.2, 0) is 0 Å². The lowest BCUT2D eigenvalue weighted by Gasteiger charge is -2.05. The van der Waals surface area contributed by atoms with Crippen molar-refractivity contribution >= 4 is 38.5 Å². The van der Waals surface area contributed by atoms with Gasteiger partial charge >= 0.3 is 0 Å². The van der Waals surface area contributed by atoms with Crippen LogP contribution in [0.1, 0.15) is 0 Å². The SMILES string of the molecule is Brc1cc(-n2nnnc2-c2ccccc2)ccc1I. The third-order valence-electron chi connectivity index (χ3n) is 2.65. The van der Waals surface area contributed by atoms with Crippen LogP contribution in [-0.4, -0.2) is 20.2 Å². The number of benzene rings is 2. The third kappa shape index (κ3) is 2.55. The number of nitrogens with zero attached hydrogens (tertiary/aromatic N) is 4. The minimum Gasteiger partial charge on any atom is -0.193 e. The van der Waals surface area contributed by atoms with Gasteiger partial charge in [0.05, 0.1) is 5.69 Å². The summed E-state index contributed by atoms with van der Waals surface area (Å²) in [7, 11) is 0. The van der Waals surface area contributed by atoms with Gasteiger partial charge in [0.2, 0.25) is 0 Å². The zero-order valence-corrected chi connectivity index (χ0v) is 13.4. The van der Waals surface area contributed by atoms with Crippen molar-refractivity contribution < 1.29 is 0 Å². The van der Waals surface area contributed by atoms with Crippen LogP contribution in [0.4, 0.5) is 0 Å². The van der Waals surface area contributed by atoms with Crippen molar-refractivity contribution in [3.05, 3.63) is 56.6 Å². The summed E-state index contributed by atoms with van der Waals surface area (Å²) in [6, 6.07) is 15.9. The molecular weight excluding hydrogens is 419 g/mol. The Bertz CT molecular complexity index is 712. The van der Waals surface area contributed by atoms with E-state index in [4.69, 9.17) is 0 Å². The topological polar surface area (TPSA) is 43.6 Å². The molecule has 1 aromatic heterocycles. The zero-order valence-electron chi connectivity index (χ0n) is 9.66. The van der Waals surface area contributed by atoms with Crippen LogP contribution in [0.5, 0.6) is 0 Å². The molecule has 4 nitrogen and oxygen atoms in total. The number of halogens is 2. The highest BCUT2D eigenvalue weighted by Crippen LogP contribution is 2.24. The van der Waals surface area contributed by atoms with Crippen molar-refractivity contribution in [3.8, 4) is 17.1 Å². The Morgan fingerprint density at radius 2 is 1.84 bits per heavy atom. The van der Waals surface area contributed by atoms with Gasteiger partial charge in [-0.3, -0.25) is 0 Å². The molecule has 0 aliphatic heterocycles. The van der Waals surface area contributed by atoms with Crippen molar-refractivity contribution in [1.82, 2.24) is 20.2 Å². The molecule has 1 heterocycles. The van der Waals surface area contributed by atoms with Crippen molar-refractivity contribution in [2.45, 2.75) is 0 Å². The quantitative estimate of drug-likeness (QED) is 0.587. The molecule has 0 bridgehead atoms. The van der Waals surface area contributed by atoms with E-state index in [1.54, 1.807) is 4.68 Å². The normalized spacial score (nSPS) is 10.6. The molecule has 3 rings (SSSR count). The van der Waals surface area contributed by atoms with E-state index in [9.17, 15) is 0 Å². The lowest BCUT2D eigenvalue weighted by molar-refractivity contribution is 0.790. The fourth-order valence-corrected chi connectivity index (χ4v) is 2.45. The van der Waals surface area contributed by atoms with E-state index in [1.165, 1.54) is 0 Å². The smallest absolute Gasteiger partial charge is 0.187 e. The summed E-state index contributed by atoms with van der Waals surface area (Å²) in [5.41, 5.74) is 1.92. The molecule has 0 aliphatic carbocycles. The number of tetrazole rings is 1. The Kier molecular flexibility index (Phi) is 3.61. The molecule has 94 valence electrons. The summed E-state index contributed by atoms with van der Waals surface area (Å²) < 4.78 is 3.91. The second-order valence-corrected chi connectivity index (χ2v) is 5.90.